The van der Waals surface area contributed by atoms with Crippen LogP contribution in [-0.4, -0.2) is 14.8 Å². The zero-order chi connectivity index (χ0) is 12.6. The molecule has 5 heteroatoms. The third-order valence-electron chi connectivity index (χ3n) is 2.73. The highest BCUT2D eigenvalue weighted by molar-refractivity contribution is 6.30. The van der Waals surface area contributed by atoms with Crippen LogP contribution in [-0.2, 0) is 7.05 Å². The van der Waals surface area contributed by atoms with Gasteiger partial charge in [0.2, 0.25) is 0 Å². The van der Waals surface area contributed by atoms with Crippen LogP contribution in [0.25, 0.3) is 11.3 Å². The number of nitrogens with zero attached hydrogens (tertiary/aromatic N) is 4. The van der Waals surface area contributed by atoms with E-state index in [0.717, 1.165) is 22.6 Å². The van der Waals surface area contributed by atoms with Crippen molar-refractivity contribution in [2.24, 2.45) is 7.05 Å². The minimum atomic E-state index is 0.229. The second-order valence-corrected chi connectivity index (χ2v) is 4.17. The predicted octanol–water partition coefficient (Wildman–Crippen LogP) is 2.62. The summed E-state index contributed by atoms with van der Waals surface area (Å²) in [5.74, 6) is 0. The smallest absolute Gasteiger partial charge is 0.147 e. The van der Waals surface area contributed by atoms with Crippen molar-refractivity contribution < 1.29 is 0 Å². The molecule has 0 fully saturated rings. The molecule has 0 saturated heterocycles. The quantitative estimate of drug-likeness (QED) is 0.727. The molecule has 0 bridgehead atoms. The number of pyridine rings is 1. The normalized spacial score (nSPS) is 10.3. The molecule has 2 aromatic rings. The number of hydrogen-bond donors (Lipinski definition) is 0. The minimum absolute atomic E-state index is 0.229. The topological polar surface area (TPSA) is 54.5 Å². The molecule has 2 aromatic heterocycles. The molecule has 0 aliphatic heterocycles. The van der Waals surface area contributed by atoms with E-state index in [1.807, 2.05) is 27.0 Å². The predicted molar refractivity (Wildman–Crippen MR) is 65.6 cm³/mol. The molecule has 4 nitrogen and oxygen atoms in total. The van der Waals surface area contributed by atoms with Crippen molar-refractivity contribution in [3.05, 3.63) is 34.2 Å². The third kappa shape index (κ3) is 1.90. The number of halogens is 1. The Hall–Kier alpha value is -1.86. The Kier molecular flexibility index (Phi) is 2.86. The van der Waals surface area contributed by atoms with Gasteiger partial charge in [-0.3, -0.25) is 4.68 Å². The van der Waals surface area contributed by atoms with Crippen molar-refractivity contribution in [3.63, 3.8) is 0 Å². The molecular formula is C12H11ClN4. The molecule has 17 heavy (non-hydrogen) atoms. The zero-order valence-corrected chi connectivity index (χ0v) is 10.6. The van der Waals surface area contributed by atoms with Crippen LogP contribution >= 0.6 is 11.6 Å². The summed E-state index contributed by atoms with van der Waals surface area (Å²) < 4.78 is 1.80. The van der Waals surface area contributed by atoms with Crippen LogP contribution in [0, 0.1) is 25.2 Å². The summed E-state index contributed by atoms with van der Waals surface area (Å²) >= 11 is 5.93. The summed E-state index contributed by atoms with van der Waals surface area (Å²) in [6, 6.07) is 5.46. The Morgan fingerprint density at radius 1 is 1.35 bits per heavy atom. The van der Waals surface area contributed by atoms with Crippen molar-refractivity contribution in [1.82, 2.24) is 14.8 Å². The van der Waals surface area contributed by atoms with E-state index < -0.39 is 0 Å². The van der Waals surface area contributed by atoms with Gasteiger partial charge < -0.3 is 0 Å². The molecule has 0 unspecified atom stereocenters. The maximum absolute atomic E-state index is 8.80. The molecule has 0 saturated carbocycles. The Morgan fingerprint density at radius 3 is 2.53 bits per heavy atom. The van der Waals surface area contributed by atoms with E-state index in [0.29, 0.717) is 5.56 Å². The van der Waals surface area contributed by atoms with Gasteiger partial charge in [0.05, 0.1) is 17.0 Å². The van der Waals surface area contributed by atoms with Crippen LogP contribution in [0.2, 0.25) is 5.15 Å². The Labute approximate surface area is 104 Å². The Morgan fingerprint density at radius 2 is 2.06 bits per heavy atom. The fraction of sp³-hybridized carbons (Fsp3) is 0.250. The average Bonchev–Trinajstić information content (AvgIpc) is 2.53. The zero-order valence-electron chi connectivity index (χ0n) is 9.82. The summed E-state index contributed by atoms with van der Waals surface area (Å²) in [5.41, 5.74) is 4.03. The highest BCUT2D eigenvalue weighted by Gasteiger charge is 2.14. The van der Waals surface area contributed by atoms with Crippen LogP contribution in [0.15, 0.2) is 12.1 Å². The monoisotopic (exact) mass is 246 g/mol. The molecule has 0 spiro atoms. The molecule has 0 N–H and O–H groups in total. The van der Waals surface area contributed by atoms with Crippen LogP contribution in [0.5, 0.6) is 0 Å². The first-order chi connectivity index (χ1) is 8.04. The van der Waals surface area contributed by atoms with Gasteiger partial charge in [-0.1, -0.05) is 11.6 Å². The lowest BCUT2D eigenvalue weighted by atomic mass is 10.1. The van der Waals surface area contributed by atoms with Crippen LogP contribution in [0.1, 0.15) is 17.0 Å². The molecule has 0 aromatic carbocycles. The fourth-order valence-electron chi connectivity index (χ4n) is 1.80. The van der Waals surface area contributed by atoms with Crippen molar-refractivity contribution >= 4 is 11.6 Å². The lowest BCUT2D eigenvalue weighted by Gasteiger charge is -2.02. The summed E-state index contributed by atoms with van der Waals surface area (Å²) in [7, 11) is 1.89. The fourth-order valence-corrected chi connectivity index (χ4v) is 2.00. The first-order valence-corrected chi connectivity index (χ1v) is 5.49. The van der Waals surface area contributed by atoms with E-state index in [9.17, 15) is 0 Å². The van der Waals surface area contributed by atoms with Gasteiger partial charge >= 0.3 is 0 Å². The number of nitriles is 1. The van der Waals surface area contributed by atoms with Crippen molar-refractivity contribution in [2.75, 3.05) is 0 Å². The Balaban J connectivity index is 2.62. The maximum Gasteiger partial charge on any atom is 0.147 e. The average molecular weight is 247 g/mol. The van der Waals surface area contributed by atoms with E-state index in [1.54, 1.807) is 16.8 Å². The first-order valence-electron chi connectivity index (χ1n) is 5.11. The lowest BCUT2D eigenvalue weighted by Crippen LogP contribution is -1.93. The summed E-state index contributed by atoms with van der Waals surface area (Å²) in [6.45, 7) is 3.90. The first kappa shape index (κ1) is 11.6. The standard InChI is InChI=1S/C12H11ClN4/c1-7-11(8(2)17(3)16-7)10-5-4-9(6-14)12(13)15-10/h4-5H,1-3H3. The van der Waals surface area contributed by atoms with Gasteiger partial charge in [-0.15, -0.1) is 0 Å². The lowest BCUT2D eigenvalue weighted by molar-refractivity contribution is 0.731. The summed E-state index contributed by atoms with van der Waals surface area (Å²) in [4.78, 5) is 4.24. The molecule has 0 aliphatic rings. The van der Waals surface area contributed by atoms with Crippen LogP contribution in [0.4, 0.5) is 0 Å². The van der Waals surface area contributed by atoms with Gasteiger partial charge in [-0.05, 0) is 26.0 Å². The van der Waals surface area contributed by atoms with Gasteiger partial charge in [0.15, 0.2) is 0 Å². The van der Waals surface area contributed by atoms with E-state index in [2.05, 4.69) is 10.1 Å². The number of rotatable bonds is 1. The molecular weight excluding hydrogens is 236 g/mol. The highest BCUT2D eigenvalue weighted by atomic mass is 35.5. The second kappa shape index (κ2) is 4.19. The van der Waals surface area contributed by atoms with Crippen molar-refractivity contribution in [1.29, 1.82) is 5.26 Å². The minimum Gasteiger partial charge on any atom is -0.272 e. The van der Waals surface area contributed by atoms with Gasteiger partial charge in [0.1, 0.15) is 11.2 Å². The molecule has 0 radical (unpaired) electrons. The van der Waals surface area contributed by atoms with Gasteiger partial charge in [-0.25, -0.2) is 4.98 Å². The van der Waals surface area contributed by atoms with E-state index >= 15 is 0 Å². The maximum atomic E-state index is 8.80. The van der Waals surface area contributed by atoms with Gasteiger partial charge in [0.25, 0.3) is 0 Å². The molecule has 0 aliphatic carbocycles. The third-order valence-corrected chi connectivity index (χ3v) is 3.02. The van der Waals surface area contributed by atoms with E-state index in [1.165, 1.54) is 0 Å². The number of hydrogen-bond acceptors (Lipinski definition) is 3. The molecule has 0 atom stereocenters. The second-order valence-electron chi connectivity index (χ2n) is 3.82. The molecule has 2 heterocycles. The van der Waals surface area contributed by atoms with Crippen molar-refractivity contribution in [2.45, 2.75) is 13.8 Å². The molecule has 0 amide bonds. The Bertz CT molecular complexity index is 622. The largest absolute Gasteiger partial charge is 0.272 e. The van der Waals surface area contributed by atoms with Crippen LogP contribution in [0.3, 0.4) is 0 Å². The summed E-state index contributed by atoms with van der Waals surface area (Å²) in [6.07, 6.45) is 0. The number of aromatic nitrogens is 3. The van der Waals surface area contributed by atoms with Crippen LogP contribution < -0.4 is 0 Å². The van der Waals surface area contributed by atoms with Gasteiger partial charge in [-0.2, -0.15) is 10.4 Å². The number of aryl methyl sites for hydroxylation is 2. The van der Waals surface area contributed by atoms with E-state index in [4.69, 9.17) is 16.9 Å². The van der Waals surface area contributed by atoms with Crippen molar-refractivity contribution in [3.8, 4) is 17.3 Å². The SMILES string of the molecule is Cc1nn(C)c(C)c1-c1ccc(C#N)c(Cl)n1. The van der Waals surface area contributed by atoms with Gasteiger partial charge in [0, 0.05) is 18.3 Å². The highest BCUT2D eigenvalue weighted by Crippen LogP contribution is 2.26. The molecule has 2 rings (SSSR count). The van der Waals surface area contributed by atoms with E-state index in [-0.39, 0.29) is 5.15 Å². The molecule has 86 valence electrons. The summed E-state index contributed by atoms with van der Waals surface area (Å²) in [5, 5.41) is 13.4.